The van der Waals surface area contributed by atoms with Gasteiger partial charge in [0.15, 0.2) is 29.3 Å². The number of ether oxygens (including phenoxy) is 2. The lowest BCUT2D eigenvalue weighted by Gasteiger charge is -2.23. The van der Waals surface area contributed by atoms with E-state index < -0.39 is 24.5 Å². The first-order chi connectivity index (χ1) is 15.2. The molecule has 2 aliphatic heterocycles. The number of nitrogens with one attached hydrogen (secondary N) is 1. The third-order valence-corrected chi connectivity index (χ3v) is 6.06. The third-order valence-electron chi connectivity index (χ3n) is 6.06. The molecule has 12 nitrogen and oxygen atoms in total. The fourth-order valence-electron chi connectivity index (χ4n) is 4.13. The SMILES string of the molecule is O[C@@H]1[C@H](O)[C@@H](c2nnc(C3CC3)o2)O[C@H]1n1cnc2c(NC3CCOCC3)ncnc21. The summed E-state index contributed by atoms with van der Waals surface area (Å²) < 4.78 is 18.6. The molecular weight excluding hydrogens is 406 g/mol. The van der Waals surface area contributed by atoms with Crippen molar-refractivity contribution in [2.75, 3.05) is 18.5 Å². The molecule has 3 N–H and O–H groups in total. The van der Waals surface area contributed by atoms with Gasteiger partial charge < -0.3 is 29.4 Å². The molecule has 1 aliphatic carbocycles. The van der Waals surface area contributed by atoms with E-state index in [-0.39, 0.29) is 17.9 Å². The lowest BCUT2D eigenvalue weighted by Crippen LogP contribution is -2.29. The molecule has 31 heavy (non-hydrogen) atoms. The van der Waals surface area contributed by atoms with Gasteiger partial charge in [-0.1, -0.05) is 0 Å². The van der Waals surface area contributed by atoms with Crippen molar-refractivity contribution in [3.05, 3.63) is 24.4 Å². The number of rotatable bonds is 5. The van der Waals surface area contributed by atoms with Crippen LogP contribution in [0.1, 0.15) is 55.7 Å². The molecule has 4 atom stereocenters. The summed E-state index contributed by atoms with van der Waals surface area (Å²) in [5.74, 6) is 1.62. The minimum absolute atomic E-state index is 0.164. The summed E-state index contributed by atoms with van der Waals surface area (Å²) in [4.78, 5) is 13.1. The number of nitrogens with zero attached hydrogens (tertiary/aromatic N) is 6. The van der Waals surface area contributed by atoms with Crippen LogP contribution < -0.4 is 5.32 Å². The van der Waals surface area contributed by atoms with Gasteiger partial charge in [-0.15, -0.1) is 10.2 Å². The van der Waals surface area contributed by atoms with Crippen molar-refractivity contribution in [2.24, 2.45) is 0 Å². The molecule has 0 aromatic carbocycles. The van der Waals surface area contributed by atoms with Crippen LogP contribution >= 0.6 is 0 Å². The van der Waals surface area contributed by atoms with E-state index >= 15 is 0 Å². The van der Waals surface area contributed by atoms with Crippen LogP contribution in [0.5, 0.6) is 0 Å². The predicted octanol–water partition coefficient (Wildman–Crippen LogP) is 0.669. The van der Waals surface area contributed by atoms with Crippen molar-refractivity contribution in [1.29, 1.82) is 0 Å². The van der Waals surface area contributed by atoms with Crippen LogP contribution in [0.15, 0.2) is 17.1 Å². The topological polar surface area (TPSA) is 153 Å². The molecule has 5 heterocycles. The molecule has 164 valence electrons. The highest BCUT2D eigenvalue weighted by Gasteiger charge is 2.48. The van der Waals surface area contributed by atoms with Crippen molar-refractivity contribution in [1.82, 2.24) is 29.7 Å². The second-order valence-corrected chi connectivity index (χ2v) is 8.26. The zero-order valence-electron chi connectivity index (χ0n) is 16.7. The van der Waals surface area contributed by atoms with Gasteiger partial charge in [-0.25, -0.2) is 15.0 Å². The van der Waals surface area contributed by atoms with Crippen LogP contribution in [-0.2, 0) is 9.47 Å². The van der Waals surface area contributed by atoms with Gasteiger partial charge in [-0.3, -0.25) is 4.57 Å². The highest BCUT2D eigenvalue weighted by molar-refractivity contribution is 5.82. The summed E-state index contributed by atoms with van der Waals surface area (Å²) in [6, 6.07) is 0.245. The molecule has 3 aromatic heterocycles. The quantitative estimate of drug-likeness (QED) is 0.524. The summed E-state index contributed by atoms with van der Waals surface area (Å²) >= 11 is 0. The van der Waals surface area contributed by atoms with E-state index in [0.717, 1.165) is 25.7 Å². The van der Waals surface area contributed by atoms with E-state index in [1.807, 2.05) is 0 Å². The molecule has 3 aromatic rings. The van der Waals surface area contributed by atoms with Gasteiger partial charge in [0, 0.05) is 25.2 Å². The number of fused-ring (bicyclic) bond motifs is 1. The average Bonchev–Trinajstić information content (AvgIpc) is 3.24. The molecule has 3 aliphatic rings. The van der Waals surface area contributed by atoms with Crippen LogP contribution in [0.4, 0.5) is 5.82 Å². The number of imidazole rings is 1. The first kappa shape index (κ1) is 19.0. The van der Waals surface area contributed by atoms with Gasteiger partial charge in [0.1, 0.15) is 18.5 Å². The molecule has 6 rings (SSSR count). The van der Waals surface area contributed by atoms with Gasteiger partial charge in [-0.05, 0) is 25.7 Å². The maximum absolute atomic E-state index is 10.7. The normalized spacial score (nSPS) is 29.6. The fourth-order valence-corrected chi connectivity index (χ4v) is 4.13. The molecule has 0 bridgehead atoms. The Morgan fingerprint density at radius 2 is 1.77 bits per heavy atom. The summed E-state index contributed by atoms with van der Waals surface area (Å²) in [7, 11) is 0. The third kappa shape index (κ3) is 3.35. The predicted molar refractivity (Wildman–Crippen MR) is 104 cm³/mol. The Morgan fingerprint density at radius 1 is 0.968 bits per heavy atom. The molecule has 3 fully saturated rings. The van der Waals surface area contributed by atoms with E-state index in [1.165, 1.54) is 12.7 Å². The van der Waals surface area contributed by atoms with Gasteiger partial charge >= 0.3 is 0 Å². The first-order valence-electron chi connectivity index (χ1n) is 10.6. The minimum atomic E-state index is -1.23. The van der Waals surface area contributed by atoms with Crippen molar-refractivity contribution in [2.45, 2.75) is 62.2 Å². The fraction of sp³-hybridized carbons (Fsp3) is 0.632. The van der Waals surface area contributed by atoms with Crippen molar-refractivity contribution < 1.29 is 24.1 Å². The zero-order chi connectivity index (χ0) is 20.9. The van der Waals surface area contributed by atoms with Crippen molar-refractivity contribution >= 4 is 17.0 Å². The lowest BCUT2D eigenvalue weighted by atomic mass is 10.1. The van der Waals surface area contributed by atoms with E-state index in [4.69, 9.17) is 13.9 Å². The van der Waals surface area contributed by atoms with Crippen LogP contribution in [-0.4, -0.2) is 71.4 Å². The molecule has 1 saturated carbocycles. The Balaban J connectivity index is 1.27. The van der Waals surface area contributed by atoms with Gasteiger partial charge in [0.05, 0.1) is 6.33 Å². The largest absolute Gasteiger partial charge is 0.422 e. The number of aromatic nitrogens is 6. The maximum Gasteiger partial charge on any atom is 0.248 e. The van der Waals surface area contributed by atoms with Gasteiger partial charge in [0.2, 0.25) is 11.8 Å². The number of aliphatic hydroxyl groups excluding tert-OH is 2. The first-order valence-corrected chi connectivity index (χ1v) is 10.6. The highest BCUT2D eigenvalue weighted by atomic mass is 16.6. The Kier molecular flexibility index (Phi) is 4.60. The number of aliphatic hydroxyl groups is 2. The molecule has 0 amide bonds. The number of hydrogen-bond donors (Lipinski definition) is 3. The minimum Gasteiger partial charge on any atom is -0.422 e. The van der Waals surface area contributed by atoms with Gasteiger partial charge in [0.25, 0.3) is 0 Å². The Hall–Kier alpha value is -2.67. The van der Waals surface area contributed by atoms with Crippen LogP contribution in [0.25, 0.3) is 11.2 Å². The molecular formula is C19H23N7O5. The molecule has 0 spiro atoms. The summed E-state index contributed by atoms with van der Waals surface area (Å²) in [6.45, 7) is 1.42. The molecule has 2 saturated heterocycles. The number of hydrogen-bond acceptors (Lipinski definition) is 11. The van der Waals surface area contributed by atoms with Crippen LogP contribution in [0, 0.1) is 0 Å². The summed E-state index contributed by atoms with van der Waals surface area (Å²) in [5, 5.41) is 32.8. The molecule has 12 heteroatoms. The summed E-state index contributed by atoms with van der Waals surface area (Å²) in [6.07, 6.45) is 2.49. The van der Waals surface area contributed by atoms with Crippen molar-refractivity contribution in [3.63, 3.8) is 0 Å². The highest BCUT2D eigenvalue weighted by Crippen LogP contribution is 2.43. The van der Waals surface area contributed by atoms with E-state index in [2.05, 4.69) is 30.5 Å². The summed E-state index contributed by atoms with van der Waals surface area (Å²) in [5.41, 5.74) is 1.06. The smallest absolute Gasteiger partial charge is 0.248 e. The monoisotopic (exact) mass is 429 g/mol. The number of anilines is 1. The van der Waals surface area contributed by atoms with E-state index in [9.17, 15) is 10.2 Å². The van der Waals surface area contributed by atoms with Crippen molar-refractivity contribution in [3.8, 4) is 0 Å². The second kappa shape index (κ2) is 7.48. The maximum atomic E-state index is 10.7. The van der Waals surface area contributed by atoms with E-state index in [0.29, 0.717) is 36.1 Å². The molecule has 0 unspecified atom stereocenters. The Labute approximate surface area is 176 Å². The lowest BCUT2D eigenvalue weighted by molar-refractivity contribution is -0.0439. The van der Waals surface area contributed by atoms with Gasteiger partial charge in [-0.2, -0.15) is 0 Å². The Bertz CT molecular complexity index is 1080. The zero-order valence-corrected chi connectivity index (χ0v) is 16.7. The standard InChI is InChI=1S/C19H23N7O5/c27-12-13(28)19(30-14(12)18-25-24-17(31-18)9-1-2-9)26-8-22-11-15(20-7-21-16(11)26)23-10-3-5-29-6-4-10/h7-10,12-14,19,27-28H,1-6H2,(H,20,21,23)/t12-,13+,14-,19+/m0/s1. The van der Waals surface area contributed by atoms with E-state index in [1.54, 1.807) is 4.57 Å². The van der Waals surface area contributed by atoms with Crippen LogP contribution in [0.3, 0.4) is 0 Å². The Morgan fingerprint density at radius 3 is 2.58 bits per heavy atom. The molecule has 0 radical (unpaired) electrons. The van der Waals surface area contributed by atoms with Crippen LogP contribution in [0.2, 0.25) is 0 Å². The average molecular weight is 429 g/mol. The second-order valence-electron chi connectivity index (χ2n) is 8.26.